The Bertz CT molecular complexity index is 768. The van der Waals surface area contributed by atoms with E-state index >= 15 is 0 Å². The first kappa shape index (κ1) is 16.5. The van der Waals surface area contributed by atoms with Crippen LogP contribution >= 0.6 is 0 Å². The van der Waals surface area contributed by atoms with Gasteiger partial charge in [0.15, 0.2) is 6.10 Å². The molecule has 0 saturated heterocycles. The average Bonchev–Trinajstić information content (AvgIpc) is 3.26. The number of carbonyl (C=O) groups excluding carboxylic acids is 1. The molecule has 0 radical (unpaired) electrons. The molecule has 1 saturated carbocycles. The largest absolute Gasteiger partial charge is 0.463 e. The molecule has 1 aliphatic rings. The Labute approximate surface area is 135 Å². The lowest BCUT2D eigenvalue weighted by Crippen LogP contribution is -2.26. The number of pyridine rings is 1. The molecule has 0 amide bonds. The van der Waals surface area contributed by atoms with E-state index in [-0.39, 0.29) is 18.2 Å². The molecule has 2 heterocycles. The molecule has 0 bridgehead atoms. The molecule has 6 nitrogen and oxygen atoms in total. The highest BCUT2D eigenvalue weighted by atomic mass is 19.4. The van der Waals surface area contributed by atoms with Gasteiger partial charge in [0.25, 0.3) is 5.71 Å². The molecule has 0 N–H and O–H groups in total. The van der Waals surface area contributed by atoms with Gasteiger partial charge in [-0.1, -0.05) is 0 Å². The van der Waals surface area contributed by atoms with E-state index in [9.17, 15) is 18.0 Å². The summed E-state index contributed by atoms with van der Waals surface area (Å²) in [7, 11) is 0. The number of oxazole rings is 1. The van der Waals surface area contributed by atoms with E-state index in [4.69, 9.17) is 13.9 Å². The van der Waals surface area contributed by atoms with Gasteiger partial charge in [-0.3, -0.25) is 0 Å². The summed E-state index contributed by atoms with van der Waals surface area (Å²) in [5.41, 5.74) is -1.27. The molecule has 2 aromatic rings. The number of halogens is 3. The van der Waals surface area contributed by atoms with Crippen LogP contribution in [-0.4, -0.2) is 28.6 Å². The zero-order valence-corrected chi connectivity index (χ0v) is 13.0. The molecular weight excluding hydrogens is 329 g/mol. The van der Waals surface area contributed by atoms with E-state index in [1.54, 1.807) is 6.92 Å². The van der Waals surface area contributed by atoms with E-state index in [1.807, 2.05) is 0 Å². The Morgan fingerprint density at radius 3 is 2.71 bits per heavy atom. The fourth-order valence-electron chi connectivity index (χ4n) is 2.22. The van der Waals surface area contributed by atoms with Crippen molar-refractivity contribution in [3.63, 3.8) is 0 Å². The number of alkyl halides is 3. The fraction of sp³-hybridized carbons (Fsp3) is 0.533. The van der Waals surface area contributed by atoms with Crippen LogP contribution in [0.3, 0.4) is 0 Å². The Morgan fingerprint density at radius 1 is 1.42 bits per heavy atom. The molecule has 9 heteroatoms. The summed E-state index contributed by atoms with van der Waals surface area (Å²) in [6.45, 7) is 3.17. The minimum absolute atomic E-state index is 0.0171. The van der Waals surface area contributed by atoms with Crippen LogP contribution in [0, 0.1) is 0 Å². The first-order valence-electron chi connectivity index (χ1n) is 7.51. The first-order chi connectivity index (χ1) is 11.3. The number of hydrogen-bond donors (Lipinski definition) is 0. The third-order valence-corrected chi connectivity index (χ3v) is 3.56. The quantitative estimate of drug-likeness (QED) is 0.774. The molecule has 1 atom stereocenters. The van der Waals surface area contributed by atoms with Crippen LogP contribution in [0.2, 0.25) is 0 Å². The number of ether oxygens (including phenoxy) is 2. The van der Waals surface area contributed by atoms with Crippen molar-refractivity contribution >= 4 is 17.2 Å². The van der Waals surface area contributed by atoms with Crippen LogP contribution in [0.1, 0.15) is 43.9 Å². The molecule has 2 aromatic heterocycles. The minimum atomic E-state index is -4.59. The van der Waals surface area contributed by atoms with E-state index in [1.165, 1.54) is 6.92 Å². The van der Waals surface area contributed by atoms with E-state index < -0.39 is 35.4 Å². The highest BCUT2D eigenvalue weighted by molar-refractivity contribution is 5.76. The lowest BCUT2D eigenvalue weighted by atomic mass is 10.1. The zero-order chi connectivity index (χ0) is 17.5. The van der Waals surface area contributed by atoms with Gasteiger partial charge in [-0.15, -0.1) is 0 Å². The normalized spacial score (nSPS) is 16.2. The number of aromatic nitrogens is 2. The van der Waals surface area contributed by atoms with E-state index in [0.29, 0.717) is 5.69 Å². The maximum absolute atomic E-state index is 13.3. The van der Waals surface area contributed by atoms with Crippen molar-refractivity contribution in [2.45, 2.75) is 44.9 Å². The van der Waals surface area contributed by atoms with Crippen LogP contribution in [0.4, 0.5) is 13.2 Å². The van der Waals surface area contributed by atoms with Crippen LogP contribution in [0.25, 0.3) is 11.2 Å². The summed E-state index contributed by atoms with van der Waals surface area (Å²) in [6, 6.07) is 1.00. The molecule has 3 rings (SSSR count). The highest BCUT2D eigenvalue weighted by Crippen LogP contribution is 2.43. The van der Waals surface area contributed by atoms with Crippen molar-refractivity contribution in [1.82, 2.24) is 9.97 Å². The second kappa shape index (κ2) is 5.95. The molecule has 1 fully saturated rings. The third kappa shape index (κ3) is 3.29. The Hall–Kier alpha value is -2.32. The van der Waals surface area contributed by atoms with Crippen molar-refractivity contribution in [3.8, 4) is 6.08 Å². The molecule has 130 valence electrons. The molecule has 24 heavy (non-hydrogen) atoms. The SMILES string of the molecule is CCOC(=O)[C@@H](C)Oc1nc2c(C(F)(F)F)cc(C3CC3)nc2o1. The number of nitrogens with zero attached hydrogens (tertiary/aromatic N) is 2. The van der Waals surface area contributed by atoms with Crippen molar-refractivity contribution < 1.29 is 31.9 Å². The lowest BCUT2D eigenvalue weighted by molar-refractivity contribution is -0.151. The second-order valence-corrected chi connectivity index (χ2v) is 5.51. The maximum atomic E-state index is 13.3. The van der Waals surface area contributed by atoms with Crippen LogP contribution in [0.15, 0.2) is 10.5 Å². The number of rotatable bonds is 5. The predicted octanol–water partition coefficient (Wildman–Crippen LogP) is 3.45. The van der Waals surface area contributed by atoms with Gasteiger partial charge in [0.1, 0.15) is 5.52 Å². The van der Waals surface area contributed by atoms with Crippen LogP contribution in [0.5, 0.6) is 6.08 Å². The number of fused-ring (bicyclic) bond motifs is 1. The summed E-state index contributed by atoms with van der Waals surface area (Å²) in [4.78, 5) is 19.3. The molecule has 0 spiro atoms. The van der Waals surface area contributed by atoms with Gasteiger partial charge in [-0.25, -0.2) is 9.78 Å². The summed E-state index contributed by atoms with van der Waals surface area (Å²) in [5, 5.41) is 0. The van der Waals surface area contributed by atoms with Gasteiger partial charge in [-0.2, -0.15) is 18.2 Å². The Kier molecular flexibility index (Phi) is 4.10. The van der Waals surface area contributed by atoms with Gasteiger partial charge in [0.2, 0.25) is 0 Å². The lowest BCUT2D eigenvalue weighted by Gasteiger charge is -2.09. The number of carbonyl (C=O) groups is 1. The van der Waals surface area contributed by atoms with Crippen LogP contribution in [-0.2, 0) is 15.7 Å². The molecule has 1 aliphatic carbocycles. The maximum Gasteiger partial charge on any atom is 0.418 e. The minimum Gasteiger partial charge on any atom is -0.463 e. The van der Waals surface area contributed by atoms with Gasteiger partial charge in [0, 0.05) is 11.6 Å². The third-order valence-electron chi connectivity index (χ3n) is 3.56. The monoisotopic (exact) mass is 344 g/mol. The van der Waals surface area contributed by atoms with Gasteiger partial charge < -0.3 is 13.9 Å². The number of hydrogen-bond acceptors (Lipinski definition) is 6. The van der Waals surface area contributed by atoms with Gasteiger partial charge >= 0.3 is 18.2 Å². The van der Waals surface area contributed by atoms with Gasteiger partial charge in [-0.05, 0) is 32.8 Å². The summed E-state index contributed by atoms with van der Waals surface area (Å²) < 4.78 is 54.8. The predicted molar refractivity (Wildman–Crippen MR) is 75.5 cm³/mol. The van der Waals surface area contributed by atoms with Crippen molar-refractivity contribution in [3.05, 3.63) is 17.3 Å². The van der Waals surface area contributed by atoms with Gasteiger partial charge in [0.05, 0.1) is 12.2 Å². The standard InChI is InChI=1S/C15H15F3N2O4/c1-3-22-13(21)7(2)23-14-20-11-9(15(16,17)18)6-10(8-4-5-8)19-12(11)24-14/h6-8H,3-5H2,1-2H3/t7-/m1/s1. The molecule has 0 aromatic carbocycles. The van der Waals surface area contributed by atoms with Crippen LogP contribution < -0.4 is 4.74 Å². The average molecular weight is 344 g/mol. The van der Waals surface area contributed by atoms with Crippen molar-refractivity contribution in [2.24, 2.45) is 0 Å². The Morgan fingerprint density at radius 2 is 2.12 bits per heavy atom. The van der Waals surface area contributed by atoms with E-state index in [2.05, 4.69) is 9.97 Å². The molecule has 0 aliphatic heterocycles. The van der Waals surface area contributed by atoms with E-state index in [0.717, 1.165) is 18.9 Å². The molecular formula is C15H15F3N2O4. The Balaban J connectivity index is 1.96. The molecule has 0 unspecified atom stereocenters. The van der Waals surface area contributed by atoms with Crippen molar-refractivity contribution in [2.75, 3.05) is 6.61 Å². The van der Waals surface area contributed by atoms with Crippen molar-refractivity contribution in [1.29, 1.82) is 0 Å². The second-order valence-electron chi connectivity index (χ2n) is 5.51. The first-order valence-corrected chi connectivity index (χ1v) is 7.51. The highest BCUT2D eigenvalue weighted by Gasteiger charge is 2.38. The number of esters is 1. The topological polar surface area (TPSA) is 74.5 Å². The fourth-order valence-corrected chi connectivity index (χ4v) is 2.22. The summed E-state index contributed by atoms with van der Waals surface area (Å²) in [5.74, 6) is -0.647. The summed E-state index contributed by atoms with van der Waals surface area (Å²) in [6.07, 6.45) is -4.50. The smallest absolute Gasteiger partial charge is 0.418 e. The zero-order valence-electron chi connectivity index (χ0n) is 13.0. The summed E-state index contributed by atoms with van der Waals surface area (Å²) >= 11 is 0.